The average molecular weight is 335 g/mol. The lowest BCUT2D eigenvalue weighted by Gasteiger charge is -2.31. The molecule has 0 radical (unpaired) electrons. The van der Waals surface area contributed by atoms with Crippen molar-refractivity contribution in [2.24, 2.45) is 0 Å². The molecule has 2 rings (SSSR count). The van der Waals surface area contributed by atoms with Crippen LogP contribution in [0.1, 0.15) is 28.0 Å². The monoisotopic (exact) mass is 335 g/mol. The number of nitriles is 1. The summed E-state index contributed by atoms with van der Waals surface area (Å²) in [6, 6.07) is 2.42. The molecule has 0 bridgehead atoms. The van der Waals surface area contributed by atoms with Gasteiger partial charge in [-0.2, -0.15) is 5.26 Å². The van der Waals surface area contributed by atoms with Gasteiger partial charge in [0.1, 0.15) is 18.2 Å². The fourth-order valence-corrected chi connectivity index (χ4v) is 2.42. The topological polar surface area (TPSA) is 142 Å². The second-order valence-electron chi connectivity index (χ2n) is 5.35. The molecule has 24 heavy (non-hydrogen) atoms. The van der Waals surface area contributed by atoms with Crippen LogP contribution in [0, 0.1) is 18.3 Å². The standard InChI is InChI=1S/C15H17N3O6/c1-8-10(4-9(5-16)14(21)17-8)15(22)18-11-6-23-3-2-12(11)24-7-13(19)20/h4,11-12H,2-3,6-7H2,1H3,(H,17,21)(H,18,22)(H,19,20)/t11-,12+/m1/s1. The van der Waals surface area contributed by atoms with Gasteiger partial charge in [0.2, 0.25) is 0 Å². The lowest BCUT2D eigenvalue weighted by Crippen LogP contribution is -2.51. The molecule has 1 amide bonds. The smallest absolute Gasteiger partial charge is 0.329 e. The second kappa shape index (κ2) is 7.72. The number of aliphatic carboxylic acids is 1. The predicted molar refractivity (Wildman–Crippen MR) is 80.6 cm³/mol. The fraction of sp³-hybridized carbons (Fsp3) is 0.467. The minimum absolute atomic E-state index is 0.161. The number of nitrogens with zero attached hydrogens (tertiary/aromatic N) is 1. The Morgan fingerprint density at radius 1 is 1.58 bits per heavy atom. The number of hydrogen-bond donors (Lipinski definition) is 3. The molecule has 0 spiro atoms. The van der Waals surface area contributed by atoms with Gasteiger partial charge in [-0.15, -0.1) is 0 Å². The van der Waals surface area contributed by atoms with Crippen molar-refractivity contribution < 1.29 is 24.2 Å². The molecule has 0 unspecified atom stereocenters. The summed E-state index contributed by atoms with van der Waals surface area (Å²) in [5, 5.41) is 20.3. The van der Waals surface area contributed by atoms with Gasteiger partial charge >= 0.3 is 5.97 Å². The van der Waals surface area contributed by atoms with Crippen LogP contribution in [0.2, 0.25) is 0 Å². The van der Waals surface area contributed by atoms with Gasteiger partial charge in [-0.25, -0.2) is 4.79 Å². The molecule has 0 saturated carbocycles. The third-order valence-corrected chi connectivity index (χ3v) is 3.63. The Balaban J connectivity index is 2.14. The van der Waals surface area contributed by atoms with Crippen LogP contribution in [0.3, 0.4) is 0 Å². The molecule has 9 heteroatoms. The van der Waals surface area contributed by atoms with E-state index >= 15 is 0 Å². The van der Waals surface area contributed by atoms with Crippen LogP contribution in [0.5, 0.6) is 0 Å². The number of amides is 1. The van der Waals surface area contributed by atoms with E-state index in [1.807, 2.05) is 0 Å². The maximum Gasteiger partial charge on any atom is 0.329 e. The van der Waals surface area contributed by atoms with Crippen LogP contribution < -0.4 is 10.9 Å². The van der Waals surface area contributed by atoms with E-state index in [0.29, 0.717) is 18.7 Å². The average Bonchev–Trinajstić information content (AvgIpc) is 2.54. The van der Waals surface area contributed by atoms with Crippen molar-refractivity contribution in [2.45, 2.75) is 25.5 Å². The molecule has 1 aliphatic rings. The summed E-state index contributed by atoms with van der Waals surface area (Å²) in [5.74, 6) is -1.60. The van der Waals surface area contributed by atoms with Crippen LogP contribution in [0.15, 0.2) is 10.9 Å². The van der Waals surface area contributed by atoms with Crippen molar-refractivity contribution in [1.29, 1.82) is 5.26 Å². The molecule has 3 N–H and O–H groups in total. The molecule has 2 heterocycles. The molecule has 0 aliphatic carbocycles. The molecule has 2 atom stereocenters. The summed E-state index contributed by atoms with van der Waals surface area (Å²) in [5.41, 5.74) is -0.232. The number of carboxylic acids is 1. The van der Waals surface area contributed by atoms with Crippen LogP contribution >= 0.6 is 0 Å². The summed E-state index contributed by atoms with van der Waals surface area (Å²) in [6.45, 7) is 1.68. The first-order valence-corrected chi connectivity index (χ1v) is 7.28. The number of carbonyl (C=O) groups is 2. The number of rotatable bonds is 5. The van der Waals surface area contributed by atoms with Gasteiger partial charge in [0.15, 0.2) is 0 Å². The minimum Gasteiger partial charge on any atom is -0.480 e. The summed E-state index contributed by atoms with van der Waals surface area (Å²) in [6.07, 6.45) is -0.0379. The molecule has 0 aromatic carbocycles. The molecule has 1 fully saturated rings. The van der Waals surface area contributed by atoms with E-state index in [-0.39, 0.29) is 17.7 Å². The third-order valence-electron chi connectivity index (χ3n) is 3.63. The van der Waals surface area contributed by atoms with Gasteiger partial charge in [0.05, 0.1) is 24.3 Å². The highest BCUT2D eigenvalue weighted by Crippen LogP contribution is 2.13. The molecule has 9 nitrogen and oxygen atoms in total. The number of aryl methyl sites for hydroxylation is 1. The van der Waals surface area contributed by atoms with E-state index in [1.165, 1.54) is 6.07 Å². The van der Waals surface area contributed by atoms with E-state index in [2.05, 4.69) is 10.3 Å². The summed E-state index contributed by atoms with van der Waals surface area (Å²) in [7, 11) is 0. The Labute approximate surface area is 137 Å². The fourth-order valence-electron chi connectivity index (χ4n) is 2.42. The van der Waals surface area contributed by atoms with E-state index in [4.69, 9.17) is 19.8 Å². The Kier molecular flexibility index (Phi) is 5.68. The van der Waals surface area contributed by atoms with Crippen LogP contribution in [0.25, 0.3) is 0 Å². The van der Waals surface area contributed by atoms with Gasteiger partial charge in [-0.3, -0.25) is 9.59 Å². The number of H-pyrrole nitrogens is 1. The molecular formula is C15H17N3O6. The number of nitrogens with one attached hydrogen (secondary N) is 2. The zero-order valence-electron chi connectivity index (χ0n) is 13.0. The normalized spacial score (nSPS) is 20.2. The van der Waals surface area contributed by atoms with Crippen molar-refractivity contribution >= 4 is 11.9 Å². The van der Waals surface area contributed by atoms with E-state index in [9.17, 15) is 14.4 Å². The van der Waals surface area contributed by atoms with E-state index in [1.54, 1.807) is 13.0 Å². The van der Waals surface area contributed by atoms with Gasteiger partial charge in [-0.05, 0) is 19.4 Å². The molecular weight excluding hydrogens is 318 g/mol. The van der Waals surface area contributed by atoms with Gasteiger partial charge in [-0.1, -0.05) is 0 Å². The summed E-state index contributed by atoms with van der Waals surface area (Å²) >= 11 is 0. The maximum absolute atomic E-state index is 12.4. The van der Waals surface area contributed by atoms with Crippen molar-refractivity contribution in [3.05, 3.63) is 33.2 Å². The maximum atomic E-state index is 12.4. The first kappa shape index (κ1) is 17.7. The van der Waals surface area contributed by atoms with E-state index in [0.717, 1.165) is 0 Å². The number of aromatic nitrogens is 1. The highest BCUT2D eigenvalue weighted by atomic mass is 16.5. The molecule has 1 aliphatic heterocycles. The Bertz CT molecular complexity index is 736. The van der Waals surface area contributed by atoms with Crippen molar-refractivity contribution in [2.75, 3.05) is 19.8 Å². The quantitative estimate of drug-likeness (QED) is 0.661. The number of carboxylic acid groups (broad SMARTS) is 1. The number of hydrogen-bond acceptors (Lipinski definition) is 6. The Morgan fingerprint density at radius 3 is 3.00 bits per heavy atom. The van der Waals surface area contributed by atoms with Gasteiger partial charge in [0.25, 0.3) is 11.5 Å². The van der Waals surface area contributed by atoms with Gasteiger partial charge < -0.3 is 24.9 Å². The molecule has 128 valence electrons. The molecule has 1 aromatic rings. The zero-order chi connectivity index (χ0) is 17.7. The predicted octanol–water partition coefficient (Wildman–Crippen LogP) is -0.456. The van der Waals surface area contributed by atoms with Crippen LogP contribution in [0.4, 0.5) is 0 Å². The first-order valence-electron chi connectivity index (χ1n) is 7.28. The summed E-state index contributed by atoms with van der Waals surface area (Å²) < 4.78 is 10.6. The first-order chi connectivity index (χ1) is 11.4. The number of aromatic amines is 1. The molecule has 1 aromatic heterocycles. The zero-order valence-corrected chi connectivity index (χ0v) is 13.0. The number of pyridine rings is 1. The Morgan fingerprint density at radius 2 is 2.33 bits per heavy atom. The number of ether oxygens (including phenoxy) is 2. The van der Waals surface area contributed by atoms with Crippen LogP contribution in [-0.4, -0.2) is 53.9 Å². The second-order valence-corrected chi connectivity index (χ2v) is 5.35. The SMILES string of the molecule is Cc1[nH]c(=O)c(C#N)cc1C(=O)N[C@@H]1COCC[C@@H]1OCC(=O)O. The minimum atomic E-state index is -1.10. The van der Waals surface area contributed by atoms with Crippen molar-refractivity contribution in [3.8, 4) is 6.07 Å². The van der Waals surface area contributed by atoms with Crippen molar-refractivity contribution in [3.63, 3.8) is 0 Å². The summed E-state index contributed by atoms with van der Waals surface area (Å²) in [4.78, 5) is 37.0. The third kappa shape index (κ3) is 4.18. The van der Waals surface area contributed by atoms with Crippen molar-refractivity contribution in [1.82, 2.24) is 10.3 Å². The lowest BCUT2D eigenvalue weighted by molar-refractivity contribution is -0.147. The Hall–Kier alpha value is -2.70. The lowest BCUT2D eigenvalue weighted by atomic mass is 10.0. The van der Waals surface area contributed by atoms with Crippen LogP contribution in [-0.2, 0) is 14.3 Å². The highest BCUT2D eigenvalue weighted by Gasteiger charge is 2.29. The largest absolute Gasteiger partial charge is 0.480 e. The van der Waals surface area contributed by atoms with E-state index < -0.39 is 36.2 Å². The molecule has 1 saturated heterocycles. The number of carbonyl (C=O) groups excluding carboxylic acids is 1. The van der Waals surface area contributed by atoms with Gasteiger partial charge in [0, 0.05) is 12.3 Å². The highest BCUT2D eigenvalue weighted by molar-refractivity contribution is 5.95.